The summed E-state index contributed by atoms with van der Waals surface area (Å²) in [5, 5.41) is 22.5. The van der Waals surface area contributed by atoms with Crippen molar-refractivity contribution in [3.8, 4) is 0 Å². The topological polar surface area (TPSA) is 113 Å². The first-order valence-electron chi connectivity index (χ1n) is 6.20. The van der Waals surface area contributed by atoms with E-state index in [1.54, 1.807) is 14.1 Å². The van der Waals surface area contributed by atoms with E-state index in [4.69, 9.17) is 5.11 Å². The van der Waals surface area contributed by atoms with Gasteiger partial charge in [0.15, 0.2) is 0 Å². The van der Waals surface area contributed by atoms with E-state index in [-0.39, 0.29) is 29.4 Å². The molecule has 0 saturated heterocycles. The maximum atomic E-state index is 11.9. The van der Waals surface area contributed by atoms with Gasteiger partial charge in [-0.15, -0.1) is 0 Å². The zero-order valence-electron chi connectivity index (χ0n) is 12.0. The highest BCUT2D eigenvalue weighted by Gasteiger charge is 2.19. The van der Waals surface area contributed by atoms with Crippen LogP contribution in [0.1, 0.15) is 17.3 Å². The Kier molecular flexibility index (Phi) is 5.23. The third kappa shape index (κ3) is 4.16. The number of carbonyl (C=O) groups is 2. The van der Waals surface area contributed by atoms with Gasteiger partial charge in [-0.25, -0.2) is 0 Å². The minimum atomic E-state index is -1.01. The maximum absolute atomic E-state index is 11.9. The Bertz CT molecular complexity index is 571. The fourth-order valence-electron chi connectivity index (χ4n) is 1.58. The molecule has 0 aromatic heterocycles. The van der Waals surface area contributed by atoms with Crippen LogP contribution >= 0.6 is 0 Å². The second-order valence-corrected chi connectivity index (χ2v) is 4.81. The molecule has 0 heterocycles. The third-order valence-electron chi connectivity index (χ3n) is 2.87. The van der Waals surface area contributed by atoms with Crippen molar-refractivity contribution in [3.05, 3.63) is 33.9 Å². The summed E-state index contributed by atoms with van der Waals surface area (Å²) >= 11 is 0. The van der Waals surface area contributed by atoms with Crippen molar-refractivity contribution in [2.24, 2.45) is 5.92 Å². The van der Waals surface area contributed by atoms with E-state index in [0.717, 1.165) is 0 Å². The minimum Gasteiger partial charge on any atom is -0.481 e. The van der Waals surface area contributed by atoms with E-state index in [1.807, 2.05) is 0 Å². The number of nitrogens with one attached hydrogen (secondary N) is 1. The highest BCUT2D eigenvalue weighted by Crippen LogP contribution is 2.26. The van der Waals surface area contributed by atoms with Crippen LogP contribution in [-0.4, -0.2) is 47.4 Å². The Balaban J connectivity index is 3.07. The fourth-order valence-corrected chi connectivity index (χ4v) is 1.58. The predicted octanol–water partition coefficient (Wildman–Crippen LogP) is 1.43. The van der Waals surface area contributed by atoms with Gasteiger partial charge in [-0.1, -0.05) is 6.92 Å². The molecule has 0 spiro atoms. The molecule has 1 aromatic carbocycles. The van der Waals surface area contributed by atoms with Crippen molar-refractivity contribution >= 4 is 23.3 Å². The van der Waals surface area contributed by atoms with E-state index >= 15 is 0 Å². The Hall–Kier alpha value is -2.64. The van der Waals surface area contributed by atoms with E-state index in [0.29, 0.717) is 0 Å². The first-order chi connectivity index (χ1) is 9.73. The van der Waals surface area contributed by atoms with Crippen LogP contribution in [-0.2, 0) is 4.79 Å². The van der Waals surface area contributed by atoms with Crippen LogP contribution in [0.5, 0.6) is 0 Å². The average Bonchev–Trinajstić information content (AvgIpc) is 2.42. The van der Waals surface area contributed by atoms with Crippen molar-refractivity contribution in [2.75, 3.05) is 26.0 Å². The molecule has 0 aliphatic rings. The molecule has 114 valence electrons. The molecule has 0 fully saturated rings. The number of hydrogen-bond acceptors (Lipinski definition) is 5. The molecule has 2 N–H and O–H groups in total. The zero-order chi connectivity index (χ0) is 16.2. The maximum Gasteiger partial charge on any atom is 0.308 e. The van der Waals surface area contributed by atoms with E-state index in [2.05, 4.69) is 5.32 Å². The molecular weight excluding hydrogens is 278 g/mol. The molecule has 1 unspecified atom stereocenters. The predicted molar refractivity (Wildman–Crippen MR) is 76.4 cm³/mol. The van der Waals surface area contributed by atoms with Crippen molar-refractivity contribution in [1.29, 1.82) is 0 Å². The number of anilines is 1. The number of benzene rings is 1. The van der Waals surface area contributed by atoms with Crippen molar-refractivity contribution in [1.82, 2.24) is 4.90 Å². The van der Waals surface area contributed by atoms with Crippen molar-refractivity contribution in [2.45, 2.75) is 6.92 Å². The van der Waals surface area contributed by atoms with E-state index in [1.165, 1.54) is 30.0 Å². The average molecular weight is 295 g/mol. The number of nitrogens with zero attached hydrogens (tertiary/aromatic N) is 2. The number of hydrogen-bond donors (Lipinski definition) is 2. The SMILES string of the molecule is CC(CNc1cc(C(=O)N(C)C)ccc1[N+](=O)[O-])C(=O)O. The molecule has 0 radical (unpaired) electrons. The fraction of sp³-hybridized carbons (Fsp3) is 0.385. The number of carboxylic acid groups (broad SMARTS) is 1. The number of carboxylic acids is 1. The number of carbonyl (C=O) groups excluding carboxylic acids is 1. The summed E-state index contributed by atoms with van der Waals surface area (Å²) in [5.74, 6) is -2.01. The highest BCUT2D eigenvalue weighted by molar-refractivity contribution is 5.95. The number of aliphatic carboxylic acids is 1. The quantitative estimate of drug-likeness (QED) is 0.606. The first-order valence-corrected chi connectivity index (χ1v) is 6.20. The summed E-state index contributed by atoms with van der Waals surface area (Å²) in [6.07, 6.45) is 0. The molecule has 21 heavy (non-hydrogen) atoms. The number of rotatable bonds is 6. The summed E-state index contributed by atoms with van der Waals surface area (Å²) < 4.78 is 0. The van der Waals surface area contributed by atoms with Gasteiger partial charge in [0.25, 0.3) is 11.6 Å². The lowest BCUT2D eigenvalue weighted by molar-refractivity contribution is -0.384. The van der Waals surface area contributed by atoms with Crippen molar-refractivity contribution < 1.29 is 19.6 Å². The molecule has 8 heteroatoms. The summed E-state index contributed by atoms with van der Waals surface area (Å²) in [7, 11) is 3.15. The van der Waals surface area contributed by atoms with E-state index in [9.17, 15) is 19.7 Å². The van der Waals surface area contributed by atoms with Crippen LogP contribution in [0, 0.1) is 16.0 Å². The molecule has 0 bridgehead atoms. The smallest absolute Gasteiger partial charge is 0.308 e. The van der Waals surface area contributed by atoms with Gasteiger partial charge < -0.3 is 15.3 Å². The number of nitro groups is 1. The molecule has 0 aliphatic heterocycles. The molecule has 0 saturated carbocycles. The van der Waals surface area contributed by atoms with Gasteiger partial charge in [0.2, 0.25) is 0 Å². The first kappa shape index (κ1) is 16.4. The van der Waals surface area contributed by atoms with Crippen LogP contribution in [0.2, 0.25) is 0 Å². The Morgan fingerprint density at radius 2 is 2.05 bits per heavy atom. The monoisotopic (exact) mass is 295 g/mol. The Morgan fingerprint density at radius 1 is 1.43 bits per heavy atom. The second kappa shape index (κ2) is 6.69. The summed E-state index contributed by atoms with van der Waals surface area (Å²) in [6, 6.07) is 3.95. The molecule has 1 atom stereocenters. The Morgan fingerprint density at radius 3 is 2.52 bits per heavy atom. The lowest BCUT2D eigenvalue weighted by Gasteiger charge is -2.13. The van der Waals surface area contributed by atoms with Crippen LogP contribution in [0.15, 0.2) is 18.2 Å². The second-order valence-electron chi connectivity index (χ2n) is 4.81. The molecule has 8 nitrogen and oxygen atoms in total. The van der Waals surface area contributed by atoms with Gasteiger partial charge in [-0.2, -0.15) is 0 Å². The normalized spacial score (nSPS) is 11.6. The van der Waals surface area contributed by atoms with Gasteiger partial charge in [-0.05, 0) is 12.1 Å². The van der Waals surface area contributed by atoms with Crippen LogP contribution in [0.4, 0.5) is 11.4 Å². The number of nitro benzene ring substituents is 1. The van der Waals surface area contributed by atoms with Crippen LogP contribution in [0.3, 0.4) is 0 Å². The minimum absolute atomic E-state index is 0.0236. The van der Waals surface area contributed by atoms with Gasteiger partial charge >= 0.3 is 5.97 Å². The molecule has 1 aromatic rings. The lowest BCUT2D eigenvalue weighted by Crippen LogP contribution is -2.23. The van der Waals surface area contributed by atoms with Crippen LogP contribution < -0.4 is 5.32 Å². The van der Waals surface area contributed by atoms with Gasteiger partial charge in [0, 0.05) is 32.3 Å². The molecular formula is C13H17N3O5. The summed E-state index contributed by atoms with van der Waals surface area (Å²) in [6.45, 7) is 1.51. The molecule has 1 amide bonds. The third-order valence-corrected chi connectivity index (χ3v) is 2.87. The zero-order valence-corrected chi connectivity index (χ0v) is 12.0. The van der Waals surface area contributed by atoms with Crippen molar-refractivity contribution in [3.63, 3.8) is 0 Å². The largest absolute Gasteiger partial charge is 0.481 e. The summed E-state index contributed by atoms with van der Waals surface area (Å²) in [4.78, 5) is 34.4. The van der Waals surface area contributed by atoms with Crippen LogP contribution in [0.25, 0.3) is 0 Å². The van der Waals surface area contributed by atoms with Gasteiger partial charge in [0.05, 0.1) is 10.8 Å². The van der Waals surface area contributed by atoms with E-state index < -0.39 is 16.8 Å². The van der Waals surface area contributed by atoms with Gasteiger partial charge in [0.1, 0.15) is 5.69 Å². The highest BCUT2D eigenvalue weighted by atomic mass is 16.6. The Labute approximate surface area is 121 Å². The molecule has 1 rings (SSSR count). The summed E-state index contributed by atoms with van der Waals surface area (Å²) in [5.41, 5.74) is 0.208. The van der Waals surface area contributed by atoms with Gasteiger partial charge in [-0.3, -0.25) is 19.7 Å². The number of amides is 1. The lowest BCUT2D eigenvalue weighted by atomic mass is 10.1. The standard InChI is InChI=1S/C13H17N3O5/c1-8(13(18)19)7-14-10-6-9(12(17)15(2)3)4-5-11(10)16(20)21/h4-6,8,14H,7H2,1-3H3,(H,18,19). The molecule has 0 aliphatic carbocycles.